The first kappa shape index (κ1) is 18.8. The van der Waals surface area contributed by atoms with Crippen molar-refractivity contribution in [3.8, 4) is 23.0 Å². The van der Waals surface area contributed by atoms with E-state index in [-0.39, 0.29) is 16.9 Å². The fraction of sp³-hybridized carbons (Fsp3) is 0.474. The van der Waals surface area contributed by atoms with Crippen LogP contribution in [0.5, 0.6) is 23.0 Å². The quantitative estimate of drug-likeness (QED) is 0.839. The van der Waals surface area contributed by atoms with Crippen LogP contribution in [0.15, 0.2) is 15.9 Å². The highest BCUT2D eigenvalue weighted by molar-refractivity contribution is 8.14. The van der Waals surface area contributed by atoms with Gasteiger partial charge < -0.3 is 18.9 Å². The normalized spacial score (nSPS) is 17.9. The van der Waals surface area contributed by atoms with E-state index in [1.54, 1.807) is 18.9 Å². The van der Waals surface area contributed by atoms with Crippen molar-refractivity contribution in [2.45, 2.75) is 32.1 Å². The average molecular weight is 405 g/mol. The summed E-state index contributed by atoms with van der Waals surface area (Å²) in [7, 11) is 3.17. The van der Waals surface area contributed by atoms with Crippen LogP contribution in [0, 0.1) is 0 Å². The summed E-state index contributed by atoms with van der Waals surface area (Å²) in [5.74, 6) is 2.77. The summed E-state index contributed by atoms with van der Waals surface area (Å²) in [4.78, 5) is 17.5. The van der Waals surface area contributed by atoms with Gasteiger partial charge in [0.1, 0.15) is 13.2 Å². The zero-order chi connectivity index (χ0) is 20.0. The molecule has 150 valence electrons. The number of ether oxygens (including phenoxy) is 4. The maximum Gasteiger partial charge on any atom is 0.271 e. The predicted molar refractivity (Wildman–Crippen MR) is 108 cm³/mol. The number of nitrogens with one attached hydrogen (secondary N) is 1. The number of hydrogen-bond donors (Lipinski definition) is 1. The lowest BCUT2D eigenvalue weighted by molar-refractivity contribution is 0.158. The van der Waals surface area contributed by atoms with E-state index in [9.17, 15) is 4.79 Å². The number of aromatic amines is 1. The number of nitrogens with zero attached hydrogens (tertiary/aromatic N) is 2. The topological polar surface area (TPSA) is 87.1 Å². The molecule has 1 N–H and O–H groups in total. The zero-order valence-corrected chi connectivity index (χ0v) is 17.3. The molecule has 0 aliphatic carbocycles. The molecule has 0 saturated carbocycles. The second-order valence-electron chi connectivity index (χ2n) is 6.83. The molecule has 4 rings (SSSR count). The van der Waals surface area contributed by atoms with Gasteiger partial charge >= 0.3 is 0 Å². The van der Waals surface area contributed by atoms with Gasteiger partial charge in [-0.1, -0.05) is 11.8 Å². The van der Waals surface area contributed by atoms with Gasteiger partial charge in [-0.3, -0.25) is 14.6 Å². The largest absolute Gasteiger partial charge is 0.493 e. The molecule has 8 nitrogen and oxygen atoms in total. The first-order chi connectivity index (χ1) is 13.5. The van der Waals surface area contributed by atoms with Gasteiger partial charge in [-0.05, 0) is 26.8 Å². The van der Waals surface area contributed by atoms with Crippen molar-refractivity contribution >= 4 is 22.6 Å². The average Bonchev–Trinajstić information content (AvgIpc) is 3.02. The summed E-state index contributed by atoms with van der Waals surface area (Å²) in [5, 5.41) is 3.47. The molecule has 0 spiro atoms. The minimum Gasteiger partial charge on any atom is -0.493 e. The Balaban J connectivity index is 1.96. The van der Waals surface area contributed by atoms with Crippen LogP contribution < -0.4 is 24.5 Å². The minimum absolute atomic E-state index is 0.0773. The van der Waals surface area contributed by atoms with Crippen LogP contribution in [-0.2, 0) is 0 Å². The van der Waals surface area contributed by atoms with E-state index in [1.807, 2.05) is 26.8 Å². The molecule has 2 aliphatic heterocycles. The van der Waals surface area contributed by atoms with Gasteiger partial charge in [0.2, 0.25) is 11.5 Å². The van der Waals surface area contributed by atoms with Crippen molar-refractivity contribution in [2.75, 3.05) is 27.4 Å². The molecule has 1 aromatic carbocycles. The molecule has 9 heteroatoms. The molecule has 2 aromatic rings. The van der Waals surface area contributed by atoms with Gasteiger partial charge in [-0.25, -0.2) is 4.99 Å². The molecular weight excluding hydrogens is 382 g/mol. The molecule has 1 atom stereocenters. The maximum atomic E-state index is 12.8. The Bertz CT molecular complexity index is 1010. The van der Waals surface area contributed by atoms with Gasteiger partial charge in [0.25, 0.3) is 5.56 Å². The highest BCUT2D eigenvalue weighted by Crippen LogP contribution is 2.54. The summed E-state index contributed by atoms with van der Waals surface area (Å²) in [6.45, 7) is 6.81. The number of methoxy groups -OCH3 is 2. The van der Waals surface area contributed by atoms with Crippen LogP contribution in [0.4, 0.5) is 5.82 Å². The smallest absolute Gasteiger partial charge is 0.271 e. The third-order valence-electron chi connectivity index (χ3n) is 4.73. The third kappa shape index (κ3) is 2.85. The third-order valence-corrected chi connectivity index (χ3v) is 5.89. The number of H-pyrrole nitrogens is 1. The van der Waals surface area contributed by atoms with Gasteiger partial charge in [-0.2, -0.15) is 0 Å². The SMILES string of the molecule is COc1cc([C@@H]2SC(C)=Nc3c2c(=O)[nH]n3C(C)C)c(OC)c2c1OCCO2. The Morgan fingerprint density at radius 3 is 2.61 bits per heavy atom. The zero-order valence-electron chi connectivity index (χ0n) is 16.5. The summed E-state index contributed by atoms with van der Waals surface area (Å²) in [6.07, 6.45) is 0. The van der Waals surface area contributed by atoms with Crippen LogP contribution in [0.3, 0.4) is 0 Å². The van der Waals surface area contributed by atoms with Crippen molar-refractivity contribution in [1.82, 2.24) is 9.78 Å². The van der Waals surface area contributed by atoms with Crippen LogP contribution >= 0.6 is 11.8 Å². The Morgan fingerprint density at radius 2 is 1.96 bits per heavy atom. The van der Waals surface area contributed by atoms with Gasteiger partial charge in [-0.15, -0.1) is 0 Å². The number of aromatic nitrogens is 2. The number of aliphatic imine (C=N–C) groups is 1. The lowest BCUT2D eigenvalue weighted by Gasteiger charge is -2.28. The van der Waals surface area contributed by atoms with Crippen LogP contribution in [0.2, 0.25) is 0 Å². The van der Waals surface area contributed by atoms with Crippen molar-refractivity contribution in [2.24, 2.45) is 4.99 Å². The molecule has 3 heterocycles. The molecule has 1 aromatic heterocycles. The lowest BCUT2D eigenvalue weighted by atomic mass is 10.0. The standard InChI is InChI=1S/C19H23N3O5S/c1-9(2)22-18-13(19(23)21-22)17(28-10(3)20-18)11-8-12(24-4)15-16(14(11)25-5)27-7-6-26-15/h8-9,17H,6-7H2,1-5H3,(H,21,23)/t17-/m0/s1. The highest BCUT2D eigenvalue weighted by atomic mass is 32.2. The Morgan fingerprint density at radius 1 is 1.25 bits per heavy atom. The van der Waals surface area contributed by atoms with Crippen LogP contribution in [-0.4, -0.2) is 42.3 Å². The van der Waals surface area contributed by atoms with Gasteiger partial charge in [0, 0.05) is 11.6 Å². The second kappa shape index (κ2) is 7.12. The van der Waals surface area contributed by atoms with E-state index in [0.717, 1.165) is 10.6 Å². The summed E-state index contributed by atoms with van der Waals surface area (Å²) < 4.78 is 24.6. The monoisotopic (exact) mass is 405 g/mol. The Kier molecular flexibility index (Phi) is 4.78. The number of benzene rings is 1. The first-order valence-corrected chi connectivity index (χ1v) is 9.95. The van der Waals surface area contributed by atoms with E-state index in [2.05, 4.69) is 10.1 Å². The predicted octanol–water partition coefficient (Wildman–Crippen LogP) is 3.43. The van der Waals surface area contributed by atoms with Gasteiger partial charge in [0.05, 0.1) is 30.1 Å². The van der Waals surface area contributed by atoms with Gasteiger partial charge in [0.15, 0.2) is 17.3 Å². The molecule has 2 aliphatic rings. The van der Waals surface area contributed by atoms with Crippen LogP contribution in [0.1, 0.15) is 43.2 Å². The molecule has 0 amide bonds. The second-order valence-corrected chi connectivity index (χ2v) is 8.13. The summed E-state index contributed by atoms with van der Waals surface area (Å²) in [6, 6.07) is 1.94. The lowest BCUT2D eigenvalue weighted by Crippen LogP contribution is -2.19. The Labute approximate surface area is 166 Å². The van der Waals surface area contributed by atoms with E-state index >= 15 is 0 Å². The molecule has 28 heavy (non-hydrogen) atoms. The highest BCUT2D eigenvalue weighted by Gasteiger charge is 2.36. The van der Waals surface area contributed by atoms with Crippen molar-refractivity contribution < 1.29 is 18.9 Å². The van der Waals surface area contributed by atoms with E-state index < -0.39 is 0 Å². The molecule has 0 bridgehead atoms. The number of thioether (sulfide) groups is 1. The molecule has 0 saturated heterocycles. The van der Waals surface area contributed by atoms with Crippen molar-refractivity contribution in [3.05, 3.63) is 27.5 Å². The number of rotatable bonds is 4. The number of fused-ring (bicyclic) bond motifs is 2. The van der Waals surface area contributed by atoms with Crippen molar-refractivity contribution in [1.29, 1.82) is 0 Å². The molecule has 0 radical (unpaired) electrons. The summed E-state index contributed by atoms with van der Waals surface area (Å²) >= 11 is 1.51. The number of hydrogen-bond acceptors (Lipinski definition) is 7. The fourth-order valence-electron chi connectivity index (χ4n) is 3.53. The van der Waals surface area contributed by atoms with Crippen LogP contribution in [0.25, 0.3) is 0 Å². The van der Waals surface area contributed by atoms with E-state index in [1.165, 1.54) is 11.8 Å². The first-order valence-electron chi connectivity index (χ1n) is 9.07. The molecular formula is C19H23N3O5S. The Hall–Kier alpha value is -2.55. The maximum absolute atomic E-state index is 12.8. The van der Waals surface area contributed by atoms with E-state index in [0.29, 0.717) is 47.6 Å². The molecule has 0 unspecified atom stereocenters. The molecule has 0 fully saturated rings. The van der Waals surface area contributed by atoms with E-state index in [4.69, 9.17) is 18.9 Å². The summed E-state index contributed by atoms with van der Waals surface area (Å²) in [5.41, 5.74) is 1.23. The minimum atomic E-state index is -0.309. The van der Waals surface area contributed by atoms with Crippen molar-refractivity contribution in [3.63, 3.8) is 0 Å². The fourth-order valence-corrected chi connectivity index (χ4v) is 4.65.